The summed E-state index contributed by atoms with van der Waals surface area (Å²) in [7, 11) is 3.60. The number of rotatable bonds is 5. The van der Waals surface area contributed by atoms with Crippen LogP contribution in [0.25, 0.3) is 0 Å². The van der Waals surface area contributed by atoms with E-state index in [1.54, 1.807) is 19.0 Å². The molecule has 0 aromatic rings. The summed E-state index contributed by atoms with van der Waals surface area (Å²) in [4.78, 5) is 15.8. The zero-order chi connectivity index (χ0) is 13.0. The molecule has 2 atom stereocenters. The van der Waals surface area contributed by atoms with Crippen LogP contribution in [0.5, 0.6) is 0 Å². The molecule has 100 valence electrons. The van der Waals surface area contributed by atoms with E-state index in [0.717, 1.165) is 24.9 Å². The van der Waals surface area contributed by atoms with Crippen molar-refractivity contribution in [1.82, 2.24) is 9.80 Å². The normalized spacial score (nSPS) is 23.1. The molecule has 0 radical (unpaired) electrons. The summed E-state index contributed by atoms with van der Waals surface area (Å²) >= 11 is 0. The number of amides is 1. The van der Waals surface area contributed by atoms with Crippen LogP contribution in [0.15, 0.2) is 0 Å². The molecule has 1 aliphatic heterocycles. The van der Waals surface area contributed by atoms with Gasteiger partial charge in [-0.05, 0) is 24.8 Å². The number of carbonyl (C=O) groups is 1. The smallest absolute Gasteiger partial charge is 0.223 e. The number of nitrogens with two attached hydrogens (primary N) is 1. The van der Waals surface area contributed by atoms with Gasteiger partial charge in [-0.3, -0.25) is 9.69 Å². The highest BCUT2D eigenvalue weighted by Crippen LogP contribution is 2.25. The molecule has 1 saturated heterocycles. The van der Waals surface area contributed by atoms with Gasteiger partial charge in [-0.15, -0.1) is 0 Å². The molecule has 4 nitrogen and oxygen atoms in total. The Hall–Kier alpha value is -0.610. The van der Waals surface area contributed by atoms with Gasteiger partial charge < -0.3 is 10.6 Å². The van der Waals surface area contributed by atoms with E-state index in [4.69, 9.17) is 5.73 Å². The highest BCUT2D eigenvalue weighted by Gasteiger charge is 2.30. The van der Waals surface area contributed by atoms with Gasteiger partial charge in [-0.2, -0.15) is 0 Å². The first kappa shape index (κ1) is 14.5. The number of carbonyl (C=O) groups excluding carboxylic acids is 1. The minimum atomic E-state index is 0.174. The second-order valence-corrected chi connectivity index (χ2v) is 5.67. The zero-order valence-corrected chi connectivity index (χ0v) is 11.6. The lowest BCUT2D eigenvalue weighted by molar-refractivity contribution is -0.129. The van der Waals surface area contributed by atoms with E-state index in [1.165, 1.54) is 6.42 Å². The van der Waals surface area contributed by atoms with Crippen LogP contribution in [0.3, 0.4) is 0 Å². The number of nitrogens with zero attached hydrogens (tertiary/aromatic N) is 2. The van der Waals surface area contributed by atoms with Gasteiger partial charge in [0.25, 0.3) is 0 Å². The van der Waals surface area contributed by atoms with Crippen LogP contribution in [-0.2, 0) is 4.79 Å². The van der Waals surface area contributed by atoms with Gasteiger partial charge in [-0.25, -0.2) is 0 Å². The maximum absolute atomic E-state index is 11.7. The molecule has 0 aromatic heterocycles. The summed E-state index contributed by atoms with van der Waals surface area (Å²) in [6, 6.07) is 0.216. The van der Waals surface area contributed by atoms with Crippen LogP contribution < -0.4 is 5.73 Å². The Morgan fingerprint density at radius 3 is 2.53 bits per heavy atom. The SMILES string of the molecule is CC(C)C1CCN(C(CN)CC(=O)N(C)C)C1. The Morgan fingerprint density at radius 1 is 1.47 bits per heavy atom. The number of hydrogen-bond acceptors (Lipinski definition) is 3. The molecular weight excluding hydrogens is 214 g/mol. The average Bonchev–Trinajstić information content (AvgIpc) is 2.74. The van der Waals surface area contributed by atoms with Crippen LogP contribution in [0.1, 0.15) is 26.7 Å². The molecule has 2 unspecified atom stereocenters. The largest absolute Gasteiger partial charge is 0.349 e. The van der Waals surface area contributed by atoms with Gasteiger partial charge in [0.05, 0.1) is 0 Å². The van der Waals surface area contributed by atoms with Crippen molar-refractivity contribution in [3.8, 4) is 0 Å². The lowest BCUT2D eigenvalue weighted by Crippen LogP contribution is -2.42. The van der Waals surface area contributed by atoms with E-state index < -0.39 is 0 Å². The molecule has 1 amide bonds. The highest BCUT2D eigenvalue weighted by molar-refractivity contribution is 5.76. The van der Waals surface area contributed by atoms with Crippen molar-refractivity contribution in [2.24, 2.45) is 17.6 Å². The lowest BCUT2D eigenvalue weighted by Gasteiger charge is -2.27. The van der Waals surface area contributed by atoms with Gasteiger partial charge in [-0.1, -0.05) is 13.8 Å². The van der Waals surface area contributed by atoms with Gasteiger partial charge >= 0.3 is 0 Å². The third kappa shape index (κ3) is 3.96. The van der Waals surface area contributed by atoms with E-state index in [9.17, 15) is 4.79 Å². The average molecular weight is 241 g/mol. The molecule has 1 rings (SSSR count). The first-order valence-electron chi connectivity index (χ1n) is 6.60. The van der Waals surface area contributed by atoms with Crippen LogP contribution in [0, 0.1) is 11.8 Å². The Bertz CT molecular complexity index is 253. The summed E-state index contributed by atoms with van der Waals surface area (Å²) in [5, 5.41) is 0. The highest BCUT2D eigenvalue weighted by atomic mass is 16.2. The number of hydrogen-bond donors (Lipinski definition) is 1. The van der Waals surface area contributed by atoms with Gasteiger partial charge in [0, 0.05) is 39.6 Å². The van der Waals surface area contributed by atoms with Crippen molar-refractivity contribution >= 4 is 5.91 Å². The molecule has 1 heterocycles. The Morgan fingerprint density at radius 2 is 2.12 bits per heavy atom. The molecule has 17 heavy (non-hydrogen) atoms. The van der Waals surface area contributed by atoms with Gasteiger partial charge in [0.1, 0.15) is 0 Å². The summed E-state index contributed by atoms with van der Waals surface area (Å²) < 4.78 is 0. The molecule has 1 aliphatic rings. The molecule has 0 spiro atoms. The summed E-state index contributed by atoms with van der Waals surface area (Å²) in [6.45, 7) is 7.31. The Balaban J connectivity index is 2.49. The minimum Gasteiger partial charge on any atom is -0.349 e. The summed E-state index contributed by atoms with van der Waals surface area (Å²) in [6.07, 6.45) is 1.79. The predicted octanol–water partition coefficient (Wildman–Crippen LogP) is 0.770. The van der Waals surface area contributed by atoms with Crippen molar-refractivity contribution in [1.29, 1.82) is 0 Å². The van der Waals surface area contributed by atoms with Crippen molar-refractivity contribution < 1.29 is 4.79 Å². The fourth-order valence-corrected chi connectivity index (χ4v) is 2.44. The molecule has 4 heteroatoms. The molecular formula is C13H27N3O. The standard InChI is InChI=1S/C13H27N3O/c1-10(2)11-5-6-16(9-11)12(8-14)7-13(17)15(3)4/h10-12H,5-9,14H2,1-4H3. The van der Waals surface area contributed by atoms with E-state index in [0.29, 0.717) is 13.0 Å². The van der Waals surface area contributed by atoms with Crippen LogP contribution in [0.4, 0.5) is 0 Å². The number of likely N-dealkylation sites (tertiary alicyclic amines) is 1. The first-order chi connectivity index (χ1) is 7.95. The fraction of sp³-hybridized carbons (Fsp3) is 0.923. The van der Waals surface area contributed by atoms with Crippen LogP contribution >= 0.6 is 0 Å². The van der Waals surface area contributed by atoms with Gasteiger partial charge in [0.15, 0.2) is 0 Å². The minimum absolute atomic E-state index is 0.174. The summed E-state index contributed by atoms with van der Waals surface area (Å²) in [5.41, 5.74) is 5.81. The second kappa shape index (κ2) is 6.36. The second-order valence-electron chi connectivity index (χ2n) is 5.67. The van der Waals surface area contributed by atoms with E-state index in [-0.39, 0.29) is 11.9 Å². The quantitative estimate of drug-likeness (QED) is 0.773. The van der Waals surface area contributed by atoms with Crippen LogP contribution in [0.2, 0.25) is 0 Å². The van der Waals surface area contributed by atoms with E-state index in [1.807, 2.05) is 0 Å². The van der Waals surface area contributed by atoms with Gasteiger partial charge in [0.2, 0.25) is 5.91 Å². The van der Waals surface area contributed by atoms with Crippen molar-refractivity contribution in [2.45, 2.75) is 32.7 Å². The molecule has 0 bridgehead atoms. The molecule has 0 aliphatic carbocycles. The van der Waals surface area contributed by atoms with Crippen molar-refractivity contribution in [3.63, 3.8) is 0 Å². The van der Waals surface area contributed by atoms with Crippen molar-refractivity contribution in [2.75, 3.05) is 33.7 Å². The predicted molar refractivity (Wildman–Crippen MR) is 70.7 cm³/mol. The molecule has 1 fully saturated rings. The van der Waals surface area contributed by atoms with E-state index in [2.05, 4.69) is 18.7 Å². The van der Waals surface area contributed by atoms with E-state index >= 15 is 0 Å². The zero-order valence-electron chi connectivity index (χ0n) is 11.6. The Kier molecular flexibility index (Phi) is 5.40. The molecule has 0 saturated carbocycles. The maximum atomic E-state index is 11.7. The topological polar surface area (TPSA) is 49.6 Å². The molecule has 2 N–H and O–H groups in total. The van der Waals surface area contributed by atoms with Crippen molar-refractivity contribution in [3.05, 3.63) is 0 Å². The summed E-state index contributed by atoms with van der Waals surface area (Å²) in [5.74, 6) is 1.66. The fourth-order valence-electron chi connectivity index (χ4n) is 2.44. The van der Waals surface area contributed by atoms with Crippen LogP contribution in [-0.4, -0.2) is 55.5 Å². The first-order valence-corrected chi connectivity index (χ1v) is 6.60. The lowest BCUT2D eigenvalue weighted by atomic mass is 9.95. The maximum Gasteiger partial charge on any atom is 0.223 e. The third-order valence-electron chi connectivity index (χ3n) is 3.90. The molecule has 0 aromatic carbocycles. The third-order valence-corrected chi connectivity index (χ3v) is 3.90. The monoisotopic (exact) mass is 241 g/mol. The Labute approximate surface area is 105 Å².